The molecule has 1 N–H and O–H groups in total. The fraction of sp³-hybridized carbons (Fsp3) is 0.688. The Hall–Kier alpha value is -0.540. The second kappa shape index (κ2) is 8.04. The molecule has 1 aliphatic rings. The molecule has 0 saturated heterocycles. The van der Waals surface area contributed by atoms with E-state index in [9.17, 15) is 4.79 Å². The van der Waals surface area contributed by atoms with E-state index in [4.69, 9.17) is 11.6 Å². The number of carbonyl (C=O) groups excluding carboxylic acids is 1. The fourth-order valence-electron chi connectivity index (χ4n) is 3.04. The first-order chi connectivity index (χ1) is 9.76. The summed E-state index contributed by atoms with van der Waals surface area (Å²) in [6.45, 7) is 2.96. The highest BCUT2D eigenvalue weighted by Gasteiger charge is 2.27. The third-order valence-corrected chi connectivity index (χ3v) is 5.36. The molecule has 0 bridgehead atoms. The van der Waals surface area contributed by atoms with Crippen molar-refractivity contribution in [1.29, 1.82) is 0 Å². The Kier molecular flexibility index (Phi) is 6.37. The van der Waals surface area contributed by atoms with Crippen LogP contribution in [-0.4, -0.2) is 18.3 Å². The molecule has 112 valence electrons. The molecule has 1 aromatic heterocycles. The minimum Gasteiger partial charge on any atom is -0.355 e. The predicted octanol–water partition coefficient (Wildman–Crippen LogP) is 4.33. The first kappa shape index (κ1) is 15.8. The smallest absolute Gasteiger partial charge is 0.227 e. The normalized spacial score (nSPS) is 19.4. The van der Waals surface area contributed by atoms with Gasteiger partial charge in [-0.3, -0.25) is 4.79 Å². The number of alkyl halides is 1. The van der Waals surface area contributed by atoms with Crippen molar-refractivity contribution in [3.05, 3.63) is 21.9 Å². The Labute approximate surface area is 130 Å². The van der Waals surface area contributed by atoms with Gasteiger partial charge in [0.1, 0.15) is 0 Å². The van der Waals surface area contributed by atoms with Crippen molar-refractivity contribution in [2.24, 2.45) is 5.92 Å². The van der Waals surface area contributed by atoms with Crippen LogP contribution in [0.2, 0.25) is 0 Å². The molecule has 1 aliphatic carbocycles. The summed E-state index contributed by atoms with van der Waals surface area (Å²) in [5.41, 5.74) is 1.27. The maximum absolute atomic E-state index is 12.4. The van der Waals surface area contributed by atoms with E-state index in [2.05, 4.69) is 23.7 Å². The highest BCUT2D eigenvalue weighted by molar-refractivity contribution is 7.10. The number of carbonyl (C=O) groups is 1. The molecule has 0 aromatic carbocycles. The zero-order valence-corrected chi connectivity index (χ0v) is 13.7. The van der Waals surface area contributed by atoms with E-state index in [1.54, 1.807) is 11.3 Å². The lowest BCUT2D eigenvalue weighted by Crippen LogP contribution is -2.34. The molecule has 0 spiro atoms. The van der Waals surface area contributed by atoms with E-state index >= 15 is 0 Å². The summed E-state index contributed by atoms with van der Waals surface area (Å²) in [4.78, 5) is 13.8. The molecular formula is C16H24ClNOS. The van der Waals surface area contributed by atoms with Crippen molar-refractivity contribution < 1.29 is 4.79 Å². The highest BCUT2D eigenvalue weighted by Crippen LogP contribution is 2.35. The fourth-order valence-corrected chi connectivity index (χ4v) is 4.33. The van der Waals surface area contributed by atoms with Crippen molar-refractivity contribution in [3.8, 4) is 0 Å². The number of thiophene rings is 1. The van der Waals surface area contributed by atoms with Crippen molar-refractivity contribution in [2.45, 2.75) is 51.4 Å². The van der Waals surface area contributed by atoms with Crippen LogP contribution in [0.25, 0.3) is 0 Å². The Morgan fingerprint density at radius 1 is 1.55 bits per heavy atom. The van der Waals surface area contributed by atoms with E-state index < -0.39 is 0 Å². The summed E-state index contributed by atoms with van der Waals surface area (Å²) in [5, 5.41) is 5.27. The van der Waals surface area contributed by atoms with Crippen molar-refractivity contribution in [3.63, 3.8) is 0 Å². The first-order valence-electron chi connectivity index (χ1n) is 7.66. The summed E-state index contributed by atoms with van der Waals surface area (Å²) in [6.07, 6.45) is 6.54. The second-order valence-corrected chi connectivity index (χ2v) is 7.00. The Morgan fingerprint density at radius 2 is 2.40 bits per heavy atom. The van der Waals surface area contributed by atoms with Crippen LogP contribution < -0.4 is 5.32 Å². The number of hydrogen-bond donors (Lipinski definition) is 1. The number of halogens is 1. The van der Waals surface area contributed by atoms with Crippen LogP contribution >= 0.6 is 22.9 Å². The lowest BCUT2D eigenvalue weighted by atomic mass is 9.87. The van der Waals surface area contributed by atoms with Crippen molar-refractivity contribution in [2.75, 3.05) is 12.4 Å². The number of amides is 1. The van der Waals surface area contributed by atoms with Gasteiger partial charge in [-0.2, -0.15) is 0 Å². The van der Waals surface area contributed by atoms with Gasteiger partial charge in [-0.1, -0.05) is 13.3 Å². The third kappa shape index (κ3) is 3.98. The Bertz CT molecular complexity index is 426. The van der Waals surface area contributed by atoms with E-state index in [1.165, 1.54) is 10.4 Å². The van der Waals surface area contributed by atoms with E-state index in [0.29, 0.717) is 11.8 Å². The first-order valence-corrected chi connectivity index (χ1v) is 9.07. The molecule has 20 heavy (non-hydrogen) atoms. The molecule has 2 rings (SSSR count). The Morgan fingerprint density at radius 3 is 3.15 bits per heavy atom. The van der Waals surface area contributed by atoms with Crippen LogP contribution in [-0.2, 0) is 11.2 Å². The molecule has 2 nitrogen and oxygen atoms in total. The van der Waals surface area contributed by atoms with Gasteiger partial charge in [-0.05, 0) is 55.0 Å². The Balaban J connectivity index is 1.89. The van der Waals surface area contributed by atoms with Gasteiger partial charge >= 0.3 is 0 Å². The van der Waals surface area contributed by atoms with Gasteiger partial charge in [0.2, 0.25) is 5.91 Å². The zero-order valence-electron chi connectivity index (χ0n) is 12.2. The van der Waals surface area contributed by atoms with Gasteiger partial charge in [-0.15, -0.1) is 22.9 Å². The van der Waals surface area contributed by atoms with Crippen LogP contribution in [0.15, 0.2) is 11.4 Å². The summed E-state index contributed by atoms with van der Waals surface area (Å²) in [7, 11) is 0. The molecule has 0 saturated carbocycles. The van der Waals surface area contributed by atoms with Crippen LogP contribution in [0.4, 0.5) is 0 Å². The highest BCUT2D eigenvalue weighted by atomic mass is 35.5. The van der Waals surface area contributed by atoms with Crippen LogP contribution in [0.3, 0.4) is 0 Å². The molecule has 1 heterocycles. The average Bonchev–Trinajstić information content (AvgIpc) is 2.93. The van der Waals surface area contributed by atoms with Crippen LogP contribution in [0.1, 0.15) is 55.4 Å². The SMILES string of the molecule is CCCC(CCCl)CNC(=O)C1CCCc2sccc21. The predicted molar refractivity (Wildman–Crippen MR) is 86.7 cm³/mol. The quantitative estimate of drug-likeness (QED) is 0.746. The molecule has 4 heteroatoms. The number of aryl methyl sites for hydroxylation is 1. The summed E-state index contributed by atoms with van der Waals surface area (Å²) < 4.78 is 0. The van der Waals surface area contributed by atoms with Crippen LogP contribution in [0.5, 0.6) is 0 Å². The van der Waals surface area contributed by atoms with Crippen LogP contribution in [0, 0.1) is 5.92 Å². The van der Waals surface area contributed by atoms with E-state index in [-0.39, 0.29) is 11.8 Å². The molecule has 0 fully saturated rings. The summed E-state index contributed by atoms with van der Waals surface area (Å²) in [5.74, 6) is 1.48. The second-order valence-electron chi connectivity index (χ2n) is 5.62. The third-order valence-electron chi connectivity index (χ3n) is 4.15. The molecule has 1 aromatic rings. The molecule has 0 radical (unpaired) electrons. The monoisotopic (exact) mass is 313 g/mol. The minimum absolute atomic E-state index is 0.0725. The number of fused-ring (bicyclic) bond motifs is 1. The average molecular weight is 314 g/mol. The van der Waals surface area contributed by atoms with Gasteiger partial charge < -0.3 is 5.32 Å². The maximum Gasteiger partial charge on any atom is 0.227 e. The number of hydrogen-bond acceptors (Lipinski definition) is 2. The van der Waals surface area contributed by atoms with E-state index in [1.807, 2.05) is 0 Å². The molecule has 2 unspecified atom stereocenters. The maximum atomic E-state index is 12.4. The molecule has 2 atom stereocenters. The number of nitrogens with one attached hydrogen (secondary N) is 1. The minimum atomic E-state index is 0.0725. The van der Waals surface area contributed by atoms with Gasteiger partial charge in [0.05, 0.1) is 5.92 Å². The summed E-state index contributed by atoms with van der Waals surface area (Å²) >= 11 is 7.63. The standard InChI is InChI=1S/C16H24ClNOS/c1-2-4-12(7-9-17)11-18-16(19)14-5-3-6-15-13(14)8-10-20-15/h8,10,12,14H,2-7,9,11H2,1H3,(H,18,19). The van der Waals surface area contributed by atoms with Crippen molar-refractivity contribution in [1.82, 2.24) is 5.32 Å². The van der Waals surface area contributed by atoms with E-state index in [0.717, 1.165) is 45.1 Å². The zero-order chi connectivity index (χ0) is 14.4. The van der Waals surface area contributed by atoms with Gasteiger partial charge in [-0.25, -0.2) is 0 Å². The molecule has 0 aliphatic heterocycles. The summed E-state index contributed by atoms with van der Waals surface area (Å²) in [6, 6.07) is 2.13. The van der Waals surface area contributed by atoms with Gasteiger partial charge in [0, 0.05) is 17.3 Å². The largest absolute Gasteiger partial charge is 0.355 e. The molecule has 1 amide bonds. The molecular weight excluding hydrogens is 290 g/mol. The van der Waals surface area contributed by atoms with Gasteiger partial charge in [0.25, 0.3) is 0 Å². The van der Waals surface area contributed by atoms with Crippen molar-refractivity contribution >= 4 is 28.8 Å². The number of rotatable bonds is 7. The topological polar surface area (TPSA) is 29.1 Å². The lowest BCUT2D eigenvalue weighted by Gasteiger charge is -2.23. The lowest BCUT2D eigenvalue weighted by molar-refractivity contribution is -0.123. The van der Waals surface area contributed by atoms with Gasteiger partial charge in [0.15, 0.2) is 0 Å².